The van der Waals surface area contributed by atoms with Crippen molar-refractivity contribution >= 4 is 21.8 Å². The number of ether oxygens (including phenoxy) is 1. The maximum absolute atomic E-state index is 6.53. The standard InChI is InChI=1S/C45H46N4O.Pt/c1-29-24-25-46-39(26-29)48-37-17-12-11-16-35(37)36-23-22-34(28-38(36)48)50-33-15-13-14-32(27-33)49-42(45(8,9)10)40(41(47-49)44(5,6)7)30-18-20-31(21-19-30)43(2,3)4;/h11-26H,1-10H3;/q-2;+2. The first-order valence-electron chi connectivity index (χ1n) is 17.4. The summed E-state index contributed by atoms with van der Waals surface area (Å²) in [5, 5.41) is 7.59. The van der Waals surface area contributed by atoms with Crippen LogP contribution in [0.5, 0.6) is 11.5 Å². The molecular formula is C45H46N4OPt. The Balaban J connectivity index is 0.00000448. The second-order valence-electron chi connectivity index (χ2n) is 16.4. The molecule has 7 aromatic rings. The molecule has 0 bridgehead atoms. The van der Waals surface area contributed by atoms with Gasteiger partial charge in [0.1, 0.15) is 5.82 Å². The van der Waals surface area contributed by atoms with E-state index in [9.17, 15) is 0 Å². The molecule has 51 heavy (non-hydrogen) atoms. The molecule has 7 rings (SSSR count). The Bertz CT molecular complexity index is 2360. The molecule has 6 heteroatoms. The minimum Gasteiger partial charge on any atom is -0.509 e. The molecule has 0 fully saturated rings. The van der Waals surface area contributed by atoms with Crippen molar-refractivity contribution in [3.63, 3.8) is 0 Å². The van der Waals surface area contributed by atoms with E-state index in [1.54, 1.807) is 0 Å². The van der Waals surface area contributed by atoms with Gasteiger partial charge in [0.05, 0.1) is 11.4 Å². The number of benzene rings is 4. The topological polar surface area (TPSA) is 44.9 Å². The van der Waals surface area contributed by atoms with Gasteiger partial charge < -0.3 is 9.30 Å². The van der Waals surface area contributed by atoms with Gasteiger partial charge in [-0.2, -0.15) is 17.2 Å². The normalized spacial score (nSPS) is 12.4. The van der Waals surface area contributed by atoms with Crippen molar-refractivity contribution in [3.8, 4) is 34.1 Å². The summed E-state index contributed by atoms with van der Waals surface area (Å²) < 4.78 is 10.8. The molecule has 3 heterocycles. The first kappa shape index (κ1) is 36.3. The molecule has 3 aromatic heterocycles. The monoisotopic (exact) mass is 853 g/mol. The molecule has 0 unspecified atom stereocenters. The maximum Gasteiger partial charge on any atom is 2.00 e. The summed E-state index contributed by atoms with van der Waals surface area (Å²) in [5.41, 5.74) is 9.51. The van der Waals surface area contributed by atoms with Gasteiger partial charge in [0.15, 0.2) is 0 Å². The summed E-state index contributed by atoms with van der Waals surface area (Å²) in [7, 11) is 0. The van der Waals surface area contributed by atoms with Crippen molar-refractivity contribution in [2.45, 2.75) is 85.5 Å². The summed E-state index contributed by atoms with van der Waals surface area (Å²) in [6.45, 7) is 22.3. The van der Waals surface area contributed by atoms with Crippen LogP contribution in [0.4, 0.5) is 0 Å². The van der Waals surface area contributed by atoms with Gasteiger partial charge in [-0.3, -0.25) is 4.68 Å². The summed E-state index contributed by atoms with van der Waals surface area (Å²) >= 11 is 0. The van der Waals surface area contributed by atoms with Crippen LogP contribution in [0.1, 0.15) is 84.8 Å². The third-order valence-electron chi connectivity index (χ3n) is 9.23. The molecule has 0 saturated carbocycles. The van der Waals surface area contributed by atoms with E-state index >= 15 is 0 Å². The van der Waals surface area contributed by atoms with Gasteiger partial charge in [-0.25, -0.2) is 4.98 Å². The Morgan fingerprint density at radius 1 is 0.667 bits per heavy atom. The molecular weight excluding hydrogens is 808 g/mol. The van der Waals surface area contributed by atoms with Crippen LogP contribution in [-0.4, -0.2) is 19.3 Å². The van der Waals surface area contributed by atoms with Crippen LogP contribution in [0.15, 0.2) is 97.2 Å². The molecule has 0 aliphatic rings. The zero-order chi connectivity index (χ0) is 35.6. The van der Waals surface area contributed by atoms with E-state index in [1.807, 2.05) is 30.5 Å². The molecule has 0 aliphatic heterocycles. The third-order valence-corrected chi connectivity index (χ3v) is 9.23. The van der Waals surface area contributed by atoms with E-state index in [2.05, 4.69) is 157 Å². The summed E-state index contributed by atoms with van der Waals surface area (Å²) in [4.78, 5) is 4.72. The van der Waals surface area contributed by atoms with Crippen LogP contribution >= 0.6 is 0 Å². The maximum atomic E-state index is 6.53. The molecule has 262 valence electrons. The Morgan fingerprint density at radius 3 is 2.04 bits per heavy atom. The van der Waals surface area contributed by atoms with Crippen molar-refractivity contribution < 1.29 is 25.8 Å². The van der Waals surface area contributed by atoms with Crippen molar-refractivity contribution in [1.29, 1.82) is 0 Å². The predicted octanol–water partition coefficient (Wildman–Crippen LogP) is 11.6. The van der Waals surface area contributed by atoms with Crippen molar-refractivity contribution in [2.75, 3.05) is 0 Å². The van der Waals surface area contributed by atoms with E-state index in [4.69, 9.17) is 14.8 Å². The molecule has 0 amide bonds. The third kappa shape index (κ3) is 6.94. The van der Waals surface area contributed by atoms with E-state index < -0.39 is 0 Å². The predicted molar refractivity (Wildman–Crippen MR) is 206 cm³/mol. The van der Waals surface area contributed by atoms with Crippen LogP contribution in [0, 0.1) is 19.1 Å². The average molecular weight is 854 g/mol. The fraction of sp³-hybridized carbons (Fsp3) is 0.289. The molecule has 0 saturated heterocycles. The molecule has 4 aromatic carbocycles. The van der Waals surface area contributed by atoms with Gasteiger partial charge >= 0.3 is 21.1 Å². The number of rotatable bonds is 5. The number of fused-ring (bicyclic) bond motifs is 3. The SMILES string of the molecule is Cc1ccnc(-n2c3[c-]c(Oc4[c-]c(-n5nc(C(C)(C)C)c(-c6ccc(C(C)(C)C)cc6)c5C(C)(C)C)ccc4)ccc3c3ccccc32)c1.[Pt+2]. The van der Waals surface area contributed by atoms with Crippen molar-refractivity contribution in [1.82, 2.24) is 19.3 Å². The Labute approximate surface area is 317 Å². The van der Waals surface area contributed by atoms with Crippen LogP contribution in [0.2, 0.25) is 0 Å². The second kappa shape index (κ2) is 13.3. The quantitative estimate of drug-likeness (QED) is 0.162. The fourth-order valence-corrected chi connectivity index (χ4v) is 6.77. The van der Waals surface area contributed by atoms with Gasteiger partial charge in [-0.05, 0) is 58.3 Å². The van der Waals surface area contributed by atoms with Crippen LogP contribution in [0.25, 0.3) is 44.4 Å². The van der Waals surface area contributed by atoms with E-state index in [0.717, 1.165) is 50.3 Å². The zero-order valence-electron chi connectivity index (χ0n) is 31.3. The number of hydrogen-bond acceptors (Lipinski definition) is 3. The summed E-state index contributed by atoms with van der Waals surface area (Å²) in [6, 6.07) is 38.8. The van der Waals surface area contributed by atoms with Crippen molar-refractivity contribution in [2.24, 2.45) is 0 Å². The minimum absolute atomic E-state index is 0. The first-order valence-corrected chi connectivity index (χ1v) is 17.4. The smallest absolute Gasteiger partial charge is 0.509 e. The number of para-hydroxylation sites is 1. The van der Waals surface area contributed by atoms with Crippen LogP contribution in [0.3, 0.4) is 0 Å². The number of nitrogens with zero attached hydrogens (tertiary/aromatic N) is 4. The zero-order valence-corrected chi connectivity index (χ0v) is 33.5. The van der Waals surface area contributed by atoms with Gasteiger partial charge in [-0.15, -0.1) is 35.7 Å². The Kier molecular flexibility index (Phi) is 9.44. The van der Waals surface area contributed by atoms with Gasteiger partial charge in [0.2, 0.25) is 0 Å². The number of aryl methyl sites for hydroxylation is 1. The van der Waals surface area contributed by atoms with E-state index in [0.29, 0.717) is 11.5 Å². The fourth-order valence-electron chi connectivity index (χ4n) is 6.77. The largest absolute Gasteiger partial charge is 2.00 e. The molecule has 0 aliphatic carbocycles. The number of hydrogen-bond donors (Lipinski definition) is 0. The summed E-state index contributed by atoms with van der Waals surface area (Å²) in [5.74, 6) is 2.05. The number of aromatic nitrogens is 4. The molecule has 0 radical (unpaired) electrons. The van der Waals surface area contributed by atoms with Crippen LogP contribution < -0.4 is 4.74 Å². The molecule has 0 N–H and O–H groups in total. The van der Waals surface area contributed by atoms with Gasteiger partial charge in [-0.1, -0.05) is 110 Å². The van der Waals surface area contributed by atoms with E-state index in [-0.39, 0.29) is 37.3 Å². The first-order chi connectivity index (χ1) is 23.6. The Hall–Kier alpha value is -4.47. The molecule has 0 atom stereocenters. The van der Waals surface area contributed by atoms with Gasteiger partial charge in [0, 0.05) is 39.6 Å². The number of pyridine rings is 1. The minimum atomic E-state index is -0.213. The average Bonchev–Trinajstić information content (AvgIpc) is 3.62. The second-order valence-corrected chi connectivity index (χ2v) is 16.4. The van der Waals surface area contributed by atoms with E-state index in [1.165, 1.54) is 16.7 Å². The van der Waals surface area contributed by atoms with Crippen molar-refractivity contribution in [3.05, 3.63) is 132 Å². The molecule has 0 spiro atoms. The molecule has 5 nitrogen and oxygen atoms in total. The summed E-state index contributed by atoms with van der Waals surface area (Å²) in [6.07, 6.45) is 1.85. The Morgan fingerprint density at radius 2 is 1.37 bits per heavy atom. The van der Waals surface area contributed by atoms with Crippen LogP contribution in [-0.2, 0) is 37.3 Å². The van der Waals surface area contributed by atoms with Gasteiger partial charge in [0.25, 0.3) is 0 Å².